The SMILES string of the molecule is CCc1ccc(-c2c3c4n(c(-c5ccc(Cl)cc5)cn4c2C(=O)Nc2ccc(C)cc2)CCCC3)cc1. The van der Waals surface area contributed by atoms with E-state index in [9.17, 15) is 4.79 Å². The van der Waals surface area contributed by atoms with Gasteiger partial charge in [-0.05, 0) is 73.6 Å². The van der Waals surface area contributed by atoms with Crippen molar-refractivity contribution in [3.05, 3.63) is 106 Å². The van der Waals surface area contributed by atoms with E-state index in [0.29, 0.717) is 5.69 Å². The molecule has 0 saturated carbocycles. The number of amides is 1. The molecule has 1 aliphatic heterocycles. The van der Waals surface area contributed by atoms with Crippen LogP contribution in [0.25, 0.3) is 28.0 Å². The van der Waals surface area contributed by atoms with Crippen LogP contribution in [-0.2, 0) is 19.4 Å². The van der Waals surface area contributed by atoms with E-state index in [4.69, 9.17) is 11.6 Å². The predicted octanol–water partition coefficient (Wildman–Crippen LogP) is 8.19. The lowest BCUT2D eigenvalue weighted by atomic mass is 9.96. The molecule has 1 aliphatic rings. The Bertz CT molecular complexity index is 1590. The van der Waals surface area contributed by atoms with Gasteiger partial charge >= 0.3 is 0 Å². The molecule has 5 heteroatoms. The molecule has 37 heavy (non-hydrogen) atoms. The molecule has 0 fully saturated rings. The van der Waals surface area contributed by atoms with Crippen molar-refractivity contribution in [3.8, 4) is 22.4 Å². The maximum absolute atomic E-state index is 14.0. The lowest BCUT2D eigenvalue weighted by Crippen LogP contribution is -2.15. The fourth-order valence-electron chi connectivity index (χ4n) is 5.51. The summed E-state index contributed by atoms with van der Waals surface area (Å²) < 4.78 is 4.51. The van der Waals surface area contributed by atoms with Gasteiger partial charge in [0.1, 0.15) is 11.3 Å². The number of aryl methyl sites for hydroxylation is 4. The molecule has 0 spiro atoms. The summed E-state index contributed by atoms with van der Waals surface area (Å²) >= 11 is 6.19. The molecule has 3 aromatic carbocycles. The first-order valence-electron chi connectivity index (χ1n) is 13.0. The molecule has 6 rings (SSSR count). The van der Waals surface area contributed by atoms with Crippen LogP contribution in [0, 0.1) is 6.92 Å². The van der Waals surface area contributed by atoms with Crippen molar-refractivity contribution in [1.82, 2.24) is 8.97 Å². The number of rotatable bonds is 5. The zero-order valence-corrected chi connectivity index (χ0v) is 22.0. The van der Waals surface area contributed by atoms with Crippen molar-refractivity contribution in [2.75, 3.05) is 5.32 Å². The largest absolute Gasteiger partial charge is 0.325 e. The number of halogens is 1. The number of nitrogens with zero attached hydrogens (tertiary/aromatic N) is 2. The van der Waals surface area contributed by atoms with Gasteiger partial charge < -0.3 is 9.88 Å². The molecule has 0 radical (unpaired) electrons. The summed E-state index contributed by atoms with van der Waals surface area (Å²) in [6.45, 7) is 5.13. The normalized spacial score (nSPS) is 13.1. The molecular weight excluding hydrogens is 478 g/mol. The summed E-state index contributed by atoms with van der Waals surface area (Å²) in [6.07, 6.45) is 6.23. The standard InChI is InChI=1S/C32H30ClN3O/c1-3-22-9-11-24(12-10-22)29-27-6-4-5-19-35-28(23-13-15-25(33)16-14-23)20-36(32(27)35)30(29)31(37)34-26-17-7-21(2)8-18-26/h7-18,20H,3-6,19H2,1-2H3,(H,34,37). The first-order chi connectivity index (χ1) is 18.0. The van der Waals surface area contributed by atoms with E-state index in [1.807, 2.05) is 43.3 Å². The highest BCUT2D eigenvalue weighted by molar-refractivity contribution is 6.30. The molecule has 0 unspecified atom stereocenters. The number of carbonyl (C=O) groups excluding carboxylic acids is 1. The highest BCUT2D eigenvalue weighted by Crippen LogP contribution is 2.40. The van der Waals surface area contributed by atoms with Gasteiger partial charge in [-0.3, -0.25) is 9.20 Å². The quantitative estimate of drug-likeness (QED) is 0.256. The molecule has 186 valence electrons. The molecule has 0 atom stereocenters. The third kappa shape index (κ3) is 4.25. The van der Waals surface area contributed by atoms with E-state index >= 15 is 0 Å². The second kappa shape index (κ2) is 9.60. The van der Waals surface area contributed by atoms with E-state index in [0.717, 1.165) is 76.5 Å². The van der Waals surface area contributed by atoms with E-state index in [2.05, 4.69) is 63.8 Å². The number of anilines is 1. The number of hydrogen-bond donors (Lipinski definition) is 1. The van der Waals surface area contributed by atoms with E-state index in [1.54, 1.807) is 0 Å². The Morgan fingerprint density at radius 3 is 2.32 bits per heavy atom. The zero-order valence-electron chi connectivity index (χ0n) is 21.2. The van der Waals surface area contributed by atoms with Gasteiger partial charge in [-0.25, -0.2) is 0 Å². The summed E-state index contributed by atoms with van der Waals surface area (Å²) in [6, 6.07) is 24.6. The summed E-state index contributed by atoms with van der Waals surface area (Å²) in [5.74, 6) is -0.0972. The van der Waals surface area contributed by atoms with Gasteiger partial charge in [-0.2, -0.15) is 0 Å². The second-order valence-electron chi connectivity index (χ2n) is 9.90. The molecule has 0 aliphatic carbocycles. The molecule has 2 aromatic heterocycles. The van der Waals surface area contributed by atoms with Crippen LogP contribution in [0.1, 0.15) is 46.9 Å². The van der Waals surface area contributed by atoms with Crippen LogP contribution in [0.3, 0.4) is 0 Å². The smallest absolute Gasteiger partial charge is 0.273 e. The Morgan fingerprint density at radius 1 is 0.919 bits per heavy atom. The van der Waals surface area contributed by atoms with Crippen LogP contribution >= 0.6 is 11.6 Å². The summed E-state index contributed by atoms with van der Waals surface area (Å²) in [5.41, 5.74) is 10.6. The summed E-state index contributed by atoms with van der Waals surface area (Å²) in [7, 11) is 0. The van der Waals surface area contributed by atoms with Gasteiger partial charge in [0.25, 0.3) is 5.91 Å². The maximum atomic E-state index is 14.0. The number of carbonyl (C=O) groups is 1. The number of benzene rings is 3. The van der Waals surface area contributed by atoms with Gasteiger partial charge in [-0.1, -0.05) is 72.6 Å². The molecule has 1 N–H and O–H groups in total. The number of hydrogen-bond acceptors (Lipinski definition) is 1. The average Bonchev–Trinajstić information content (AvgIpc) is 3.33. The fraction of sp³-hybridized carbons (Fsp3) is 0.219. The van der Waals surface area contributed by atoms with Crippen molar-refractivity contribution >= 4 is 28.8 Å². The molecular formula is C32H30ClN3O. The Hall–Kier alpha value is -3.76. The highest BCUT2D eigenvalue weighted by atomic mass is 35.5. The van der Waals surface area contributed by atoms with Crippen molar-refractivity contribution in [3.63, 3.8) is 0 Å². The minimum atomic E-state index is -0.0972. The van der Waals surface area contributed by atoms with Crippen LogP contribution in [0.2, 0.25) is 5.02 Å². The molecule has 0 saturated heterocycles. The number of nitrogens with one attached hydrogen (secondary N) is 1. The Balaban J connectivity index is 1.59. The van der Waals surface area contributed by atoms with Gasteiger partial charge in [0.2, 0.25) is 0 Å². The van der Waals surface area contributed by atoms with Crippen molar-refractivity contribution in [2.24, 2.45) is 0 Å². The molecule has 5 aromatic rings. The summed E-state index contributed by atoms with van der Waals surface area (Å²) in [5, 5.41) is 3.89. The molecule has 4 nitrogen and oxygen atoms in total. The van der Waals surface area contributed by atoms with Crippen molar-refractivity contribution < 1.29 is 4.79 Å². The zero-order chi connectivity index (χ0) is 25.5. The topological polar surface area (TPSA) is 38.4 Å². The Morgan fingerprint density at radius 2 is 1.62 bits per heavy atom. The lowest BCUT2D eigenvalue weighted by molar-refractivity contribution is 0.102. The van der Waals surface area contributed by atoms with Crippen LogP contribution < -0.4 is 5.32 Å². The van der Waals surface area contributed by atoms with Crippen LogP contribution in [-0.4, -0.2) is 14.9 Å². The van der Waals surface area contributed by atoms with Crippen LogP contribution in [0.4, 0.5) is 5.69 Å². The minimum absolute atomic E-state index is 0.0972. The molecule has 1 amide bonds. The Kier molecular flexibility index (Phi) is 6.13. The van der Waals surface area contributed by atoms with Gasteiger partial charge in [0.05, 0.1) is 5.69 Å². The highest BCUT2D eigenvalue weighted by Gasteiger charge is 2.29. The lowest BCUT2D eigenvalue weighted by Gasteiger charge is -2.11. The number of imidazole rings is 1. The van der Waals surface area contributed by atoms with Crippen LogP contribution in [0.5, 0.6) is 0 Å². The summed E-state index contributed by atoms with van der Waals surface area (Å²) in [4.78, 5) is 14.0. The van der Waals surface area contributed by atoms with Crippen molar-refractivity contribution in [1.29, 1.82) is 0 Å². The third-order valence-corrected chi connectivity index (χ3v) is 7.70. The minimum Gasteiger partial charge on any atom is -0.325 e. The molecule has 0 bridgehead atoms. The predicted molar refractivity (Wildman–Crippen MR) is 153 cm³/mol. The van der Waals surface area contributed by atoms with Crippen LogP contribution in [0.15, 0.2) is 79.0 Å². The average molecular weight is 508 g/mol. The third-order valence-electron chi connectivity index (χ3n) is 7.45. The first-order valence-corrected chi connectivity index (χ1v) is 13.4. The number of aromatic nitrogens is 2. The maximum Gasteiger partial charge on any atom is 0.273 e. The van der Waals surface area contributed by atoms with E-state index < -0.39 is 0 Å². The first kappa shape index (κ1) is 23.6. The van der Waals surface area contributed by atoms with Gasteiger partial charge in [-0.15, -0.1) is 0 Å². The van der Waals surface area contributed by atoms with Crippen molar-refractivity contribution in [2.45, 2.75) is 46.1 Å². The second-order valence-corrected chi connectivity index (χ2v) is 10.3. The van der Waals surface area contributed by atoms with E-state index in [-0.39, 0.29) is 5.91 Å². The fourth-order valence-corrected chi connectivity index (χ4v) is 5.63. The van der Waals surface area contributed by atoms with Gasteiger partial charge in [0, 0.05) is 34.6 Å². The Labute approximate surface area is 222 Å². The monoisotopic (exact) mass is 507 g/mol. The van der Waals surface area contributed by atoms with E-state index in [1.165, 1.54) is 11.1 Å². The molecule has 3 heterocycles. The van der Waals surface area contributed by atoms with Gasteiger partial charge in [0.15, 0.2) is 0 Å².